The summed E-state index contributed by atoms with van der Waals surface area (Å²) in [7, 11) is 0. The number of benzene rings is 2. The number of alkyl halides is 3. The Morgan fingerprint density at radius 1 is 1.11 bits per heavy atom. The molecule has 1 N–H and O–H groups in total. The molecule has 0 aliphatic carbocycles. The zero-order valence-corrected chi connectivity index (χ0v) is 15.9. The first kappa shape index (κ1) is 19.3. The quantitative estimate of drug-likeness (QED) is 0.575. The third kappa shape index (κ3) is 5.04. The molecule has 2 aromatic carbocycles. The maximum absolute atomic E-state index is 12.5. The van der Waals surface area contributed by atoms with E-state index < -0.39 is 17.1 Å². The number of rotatable bonds is 5. The van der Waals surface area contributed by atoms with E-state index >= 15 is 0 Å². The molecule has 1 heterocycles. The molecule has 3 aromatic rings. The van der Waals surface area contributed by atoms with Crippen LogP contribution < -0.4 is 10.1 Å². The van der Waals surface area contributed by atoms with Crippen LogP contribution in [0, 0.1) is 0 Å². The lowest BCUT2D eigenvalue weighted by molar-refractivity contribution is -0.138. The van der Waals surface area contributed by atoms with Gasteiger partial charge in [-0.15, -0.1) is 10.2 Å². The van der Waals surface area contributed by atoms with E-state index in [0.717, 1.165) is 10.0 Å². The Kier molecular flexibility index (Phi) is 5.76. The van der Waals surface area contributed by atoms with E-state index in [1.807, 2.05) is 24.3 Å². The summed E-state index contributed by atoms with van der Waals surface area (Å²) >= 11 is 3.66. The standard InChI is InChI=1S/C17H11BrF3N3O2S/c18-12-3-1-2-4-13(12)26-9-10-5-7-11(8-6-10)14(25)22-16-24-23-15(27-16)17(19,20)21/h1-8H,9H2,(H,22,24,25). The van der Waals surface area contributed by atoms with E-state index in [4.69, 9.17) is 4.74 Å². The number of amides is 1. The lowest BCUT2D eigenvalue weighted by Crippen LogP contribution is -2.11. The van der Waals surface area contributed by atoms with Crippen LogP contribution in [0.3, 0.4) is 0 Å². The molecule has 0 radical (unpaired) electrons. The molecule has 5 nitrogen and oxygen atoms in total. The Labute approximate surface area is 164 Å². The number of nitrogens with one attached hydrogen (secondary N) is 1. The highest BCUT2D eigenvalue weighted by Gasteiger charge is 2.35. The Bertz CT molecular complexity index is 945. The van der Waals surface area contributed by atoms with Crippen molar-refractivity contribution in [2.24, 2.45) is 0 Å². The lowest BCUT2D eigenvalue weighted by atomic mass is 10.1. The lowest BCUT2D eigenvalue weighted by Gasteiger charge is -2.08. The minimum absolute atomic E-state index is 0.214. The van der Waals surface area contributed by atoms with Crippen LogP contribution in [0.2, 0.25) is 0 Å². The average molecular weight is 458 g/mol. The fourth-order valence-electron chi connectivity index (χ4n) is 2.03. The summed E-state index contributed by atoms with van der Waals surface area (Å²) in [6.45, 7) is 0.301. The minimum Gasteiger partial charge on any atom is -0.488 e. The molecule has 140 valence electrons. The van der Waals surface area contributed by atoms with Gasteiger partial charge < -0.3 is 4.74 Å². The van der Waals surface area contributed by atoms with Gasteiger partial charge in [-0.25, -0.2) is 0 Å². The fraction of sp³-hybridized carbons (Fsp3) is 0.118. The van der Waals surface area contributed by atoms with E-state index in [1.165, 1.54) is 0 Å². The molecular formula is C17H11BrF3N3O2S. The van der Waals surface area contributed by atoms with E-state index in [2.05, 4.69) is 31.4 Å². The first-order chi connectivity index (χ1) is 12.8. The number of halogens is 4. The largest absolute Gasteiger partial charge is 0.488 e. The summed E-state index contributed by atoms with van der Waals surface area (Å²) in [6, 6.07) is 13.9. The molecule has 1 amide bonds. The average Bonchev–Trinajstić information content (AvgIpc) is 3.10. The summed E-state index contributed by atoms with van der Waals surface area (Å²) in [5.74, 6) is 0.120. The number of aromatic nitrogens is 2. The number of ether oxygens (including phenoxy) is 1. The van der Waals surface area contributed by atoms with Crippen molar-refractivity contribution in [2.75, 3.05) is 5.32 Å². The topological polar surface area (TPSA) is 64.1 Å². The molecule has 0 saturated heterocycles. The van der Waals surface area contributed by atoms with Gasteiger partial charge in [0.15, 0.2) is 0 Å². The summed E-state index contributed by atoms with van der Waals surface area (Å²) in [6.07, 6.45) is -4.59. The van der Waals surface area contributed by atoms with Gasteiger partial charge in [0.05, 0.1) is 4.47 Å². The number of nitrogens with zero attached hydrogens (tertiary/aromatic N) is 2. The van der Waals surface area contributed by atoms with Crippen molar-refractivity contribution in [2.45, 2.75) is 12.8 Å². The first-order valence-corrected chi connectivity index (χ1v) is 9.12. The SMILES string of the molecule is O=C(Nc1nnc(C(F)(F)F)s1)c1ccc(COc2ccccc2Br)cc1. The van der Waals surface area contributed by atoms with Gasteiger partial charge in [-0.2, -0.15) is 13.2 Å². The van der Waals surface area contributed by atoms with Crippen LogP contribution in [0.1, 0.15) is 20.9 Å². The second-order valence-corrected chi connectivity index (χ2v) is 7.11. The fourth-order valence-corrected chi connectivity index (χ4v) is 3.04. The molecular weight excluding hydrogens is 447 g/mol. The van der Waals surface area contributed by atoms with Crippen LogP contribution in [-0.4, -0.2) is 16.1 Å². The van der Waals surface area contributed by atoms with E-state index in [1.54, 1.807) is 24.3 Å². The molecule has 0 fully saturated rings. The third-order valence-corrected chi connectivity index (χ3v) is 4.87. The molecule has 27 heavy (non-hydrogen) atoms. The number of anilines is 1. The molecule has 0 unspecified atom stereocenters. The molecule has 1 aromatic heterocycles. The van der Waals surface area contributed by atoms with Crippen LogP contribution in [0.15, 0.2) is 53.0 Å². The maximum Gasteiger partial charge on any atom is 0.445 e. The highest BCUT2D eigenvalue weighted by Crippen LogP contribution is 2.33. The summed E-state index contributed by atoms with van der Waals surface area (Å²) in [5.41, 5.74) is 1.11. The number of carbonyl (C=O) groups excluding carboxylic acids is 1. The number of hydrogen-bond acceptors (Lipinski definition) is 5. The first-order valence-electron chi connectivity index (χ1n) is 7.51. The highest BCUT2D eigenvalue weighted by atomic mass is 79.9. The molecule has 3 rings (SSSR count). The number of hydrogen-bond donors (Lipinski definition) is 1. The second kappa shape index (κ2) is 8.05. The van der Waals surface area contributed by atoms with Gasteiger partial charge >= 0.3 is 6.18 Å². The number of carbonyl (C=O) groups is 1. The minimum atomic E-state index is -4.59. The predicted molar refractivity (Wildman–Crippen MR) is 97.8 cm³/mol. The van der Waals surface area contributed by atoms with Gasteiger partial charge in [0.1, 0.15) is 12.4 Å². The zero-order valence-electron chi connectivity index (χ0n) is 13.5. The van der Waals surface area contributed by atoms with E-state index in [9.17, 15) is 18.0 Å². The molecule has 0 spiro atoms. The van der Waals surface area contributed by atoms with E-state index in [0.29, 0.717) is 12.4 Å². The van der Waals surface area contributed by atoms with Crippen molar-refractivity contribution in [3.8, 4) is 5.75 Å². The Balaban J connectivity index is 1.60. The highest BCUT2D eigenvalue weighted by molar-refractivity contribution is 9.10. The predicted octanol–water partition coefficient (Wildman–Crippen LogP) is 5.15. The maximum atomic E-state index is 12.5. The van der Waals surface area contributed by atoms with Crippen LogP contribution in [-0.2, 0) is 12.8 Å². The van der Waals surface area contributed by atoms with Gasteiger partial charge in [-0.3, -0.25) is 10.1 Å². The van der Waals surface area contributed by atoms with Crippen LogP contribution in [0.25, 0.3) is 0 Å². The monoisotopic (exact) mass is 457 g/mol. The van der Waals surface area contributed by atoms with Crippen LogP contribution >= 0.6 is 27.3 Å². The molecule has 0 atom stereocenters. The van der Waals surface area contributed by atoms with Gasteiger partial charge in [0.25, 0.3) is 5.91 Å². The Morgan fingerprint density at radius 2 is 1.81 bits per heavy atom. The van der Waals surface area contributed by atoms with Crippen LogP contribution in [0.4, 0.5) is 18.3 Å². The Hall–Kier alpha value is -2.46. The van der Waals surface area contributed by atoms with Gasteiger partial charge in [0.2, 0.25) is 10.1 Å². The van der Waals surface area contributed by atoms with Crippen molar-refractivity contribution in [3.05, 3.63) is 69.1 Å². The van der Waals surface area contributed by atoms with Crippen molar-refractivity contribution in [3.63, 3.8) is 0 Å². The number of para-hydroxylation sites is 1. The zero-order chi connectivity index (χ0) is 19.4. The molecule has 0 aliphatic heterocycles. The smallest absolute Gasteiger partial charge is 0.445 e. The molecule has 10 heteroatoms. The Morgan fingerprint density at radius 3 is 2.44 bits per heavy atom. The van der Waals surface area contributed by atoms with Crippen molar-refractivity contribution in [1.82, 2.24) is 10.2 Å². The molecule has 0 aliphatic rings. The van der Waals surface area contributed by atoms with Gasteiger partial charge in [-0.05, 0) is 45.8 Å². The summed E-state index contributed by atoms with van der Waals surface area (Å²) < 4.78 is 44.0. The van der Waals surface area contributed by atoms with Crippen LogP contribution in [0.5, 0.6) is 5.75 Å². The molecule has 0 bridgehead atoms. The summed E-state index contributed by atoms with van der Waals surface area (Å²) in [4.78, 5) is 12.1. The van der Waals surface area contributed by atoms with Crippen molar-refractivity contribution >= 4 is 38.3 Å². The third-order valence-electron chi connectivity index (χ3n) is 3.34. The van der Waals surface area contributed by atoms with Crippen molar-refractivity contribution < 1.29 is 22.7 Å². The normalized spacial score (nSPS) is 11.3. The van der Waals surface area contributed by atoms with Gasteiger partial charge in [0, 0.05) is 5.56 Å². The summed E-state index contributed by atoms with van der Waals surface area (Å²) in [5, 5.41) is 7.32. The van der Waals surface area contributed by atoms with Gasteiger partial charge in [-0.1, -0.05) is 35.6 Å². The second-order valence-electron chi connectivity index (χ2n) is 5.28. The van der Waals surface area contributed by atoms with E-state index in [-0.39, 0.29) is 22.0 Å². The molecule has 0 saturated carbocycles. The van der Waals surface area contributed by atoms with Crippen molar-refractivity contribution in [1.29, 1.82) is 0 Å².